The Morgan fingerprint density at radius 2 is 1.88 bits per heavy atom. The molecule has 2 aromatic carbocycles. The maximum atomic E-state index is 12.5. The van der Waals surface area contributed by atoms with Crippen molar-refractivity contribution >= 4 is 23.2 Å². The van der Waals surface area contributed by atoms with Gasteiger partial charge in [0.1, 0.15) is 5.75 Å². The zero-order valence-corrected chi connectivity index (χ0v) is 14.3. The molecule has 0 saturated heterocycles. The van der Waals surface area contributed by atoms with E-state index in [-0.39, 0.29) is 25.2 Å². The van der Waals surface area contributed by atoms with Gasteiger partial charge in [-0.1, -0.05) is 6.92 Å². The summed E-state index contributed by atoms with van der Waals surface area (Å²) in [5, 5.41) is 2.85. The SMILES string of the molecule is CCCN1C(=O)COc2ccc(NC(=O)c3ccc4c(c3)OCO4)cc21. The van der Waals surface area contributed by atoms with Gasteiger partial charge in [0.2, 0.25) is 6.79 Å². The predicted octanol–water partition coefficient (Wildman–Crippen LogP) is 2.80. The van der Waals surface area contributed by atoms with Crippen LogP contribution < -0.4 is 24.4 Å². The van der Waals surface area contributed by atoms with Crippen LogP contribution in [-0.2, 0) is 4.79 Å². The number of anilines is 2. The third-order valence-electron chi connectivity index (χ3n) is 4.24. The molecule has 0 radical (unpaired) electrons. The minimum Gasteiger partial charge on any atom is -0.482 e. The summed E-state index contributed by atoms with van der Waals surface area (Å²) in [6, 6.07) is 10.3. The zero-order chi connectivity index (χ0) is 18.1. The number of rotatable bonds is 4. The molecule has 1 N–H and O–H groups in total. The van der Waals surface area contributed by atoms with Crippen LogP contribution in [0.2, 0.25) is 0 Å². The van der Waals surface area contributed by atoms with Gasteiger partial charge < -0.3 is 24.4 Å². The van der Waals surface area contributed by atoms with Crippen LogP contribution >= 0.6 is 0 Å². The van der Waals surface area contributed by atoms with Crippen LogP contribution in [0.15, 0.2) is 36.4 Å². The smallest absolute Gasteiger partial charge is 0.265 e. The van der Waals surface area contributed by atoms with Crippen LogP contribution in [0.3, 0.4) is 0 Å². The number of hydrogen-bond acceptors (Lipinski definition) is 5. The largest absolute Gasteiger partial charge is 0.482 e. The first-order valence-corrected chi connectivity index (χ1v) is 8.44. The highest BCUT2D eigenvalue weighted by molar-refractivity contribution is 6.05. The second-order valence-electron chi connectivity index (χ2n) is 6.04. The molecule has 2 aromatic rings. The number of hydrogen-bond donors (Lipinski definition) is 1. The van der Waals surface area contributed by atoms with E-state index in [0.717, 1.165) is 6.42 Å². The molecule has 0 unspecified atom stereocenters. The van der Waals surface area contributed by atoms with Crippen LogP contribution in [0.5, 0.6) is 17.2 Å². The van der Waals surface area contributed by atoms with E-state index in [2.05, 4.69) is 5.32 Å². The van der Waals surface area contributed by atoms with Crippen LogP contribution in [0, 0.1) is 0 Å². The van der Waals surface area contributed by atoms with Gasteiger partial charge in [-0.2, -0.15) is 0 Å². The third-order valence-corrected chi connectivity index (χ3v) is 4.24. The van der Waals surface area contributed by atoms with Crippen molar-refractivity contribution in [3.63, 3.8) is 0 Å². The fourth-order valence-corrected chi connectivity index (χ4v) is 2.99. The number of carbonyl (C=O) groups excluding carboxylic acids is 2. The highest BCUT2D eigenvalue weighted by Crippen LogP contribution is 2.35. The second-order valence-corrected chi connectivity index (χ2v) is 6.04. The Kier molecular flexibility index (Phi) is 4.12. The number of fused-ring (bicyclic) bond motifs is 2. The Balaban J connectivity index is 1.57. The van der Waals surface area contributed by atoms with Gasteiger partial charge in [-0.15, -0.1) is 0 Å². The van der Waals surface area contributed by atoms with Gasteiger partial charge in [-0.25, -0.2) is 0 Å². The van der Waals surface area contributed by atoms with Crippen molar-refractivity contribution in [1.29, 1.82) is 0 Å². The van der Waals surface area contributed by atoms with Crippen molar-refractivity contribution in [2.75, 3.05) is 30.2 Å². The Bertz CT molecular complexity index is 880. The van der Waals surface area contributed by atoms with Crippen LogP contribution in [0.1, 0.15) is 23.7 Å². The number of carbonyl (C=O) groups is 2. The summed E-state index contributed by atoms with van der Waals surface area (Å²) in [7, 11) is 0. The monoisotopic (exact) mass is 354 g/mol. The van der Waals surface area contributed by atoms with E-state index in [9.17, 15) is 9.59 Å². The molecular formula is C19H18N2O5. The van der Waals surface area contributed by atoms with E-state index in [1.54, 1.807) is 41.3 Å². The highest BCUT2D eigenvalue weighted by atomic mass is 16.7. The molecule has 0 aromatic heterocycles. The van der Waals surface area contributed by atoms with E-state index in [1.165, 1.54) is 0 Å². The first-order valence-electron chi connectivity index (χ1n) is 8.44. The molecule has 0 saturated carbocycles. The topological polar surface area (TPSA) is 77.1 Å². The lowest BCUT2D eigenvalue weighted by Gasteiger charge is -2.29. The van der Waals surface area contributed by atoms with E-state index in [0.29, 0.717) is 40.7 Å². The van der Waals surface area contributed by atoms with Crippen molar-refractivity contribution in [3.05, 3.63) is 42.0 Å². The fourth-order valence-electron chi connectivity index (χ4n) is 2.99. The molecule has 2 aliphatic rings. The Labute approximate surface area is 150 Å². The van der Waals surface area contributed by atoms with Crippen molar-refractivity contribution in [3.8, 4) is 17.2 Å². The average molecular weight is 354 g/mol. The van der Waals surface area contributed by atoms with E-state index >= 15 is 0 Å². The minimum absolute atomic E-state index is 0.0376. The van der Waals surface area contributed by atoms with Gasteiger partial charge in [0.25, 0.3) is 11.8 Å². The summed E-state index contributed by atoms with van der Waals surface area (Å²) in [6.07, 6.45) is 0.832. The van der Waals surface area contributed by atoms with Gasteiger partial charge >= 0.3 is 0 Å². The number of amides is 2. The first-order chi connectivity index (χ1) is 12.7. The van der Waals surface area contributed by atoms with Gasteiger partial charge in [0.15, 0.2) is 18.1 Å². The molecule has 2 aliphatic heterocycles. The summed E-state index contributed by atoms with van der Waals surface area (Å²) in [6.45, 7) is 2.81. The Morgan fingerprint density at radius 1 is 1.08 bits per heavy atom. The van der Waals surface area contributed by atoms with Crippen molar-refractivity contribution in [2.24, 2.45) is 0 Å². The molecule has 0 spiro atoms. The average Bonchev–Trinajstić information content (AvgIpc) is 3.12. The third kappa shape index (κ3) is 2.92. The Hall–Kier alpha value is -3.22. The van der Waals surface area contributed by atoms with Gasteiger partial charge in [0, 0.05) is 17.8 Å². The summed E-state index contributed by atoms with van der Waals surface area (Å²) >= 11 is 0. The molecule has 0 bridgehead atoms. The summed E-state index contributed by atoms with van der Waals surface area (Å²) < 4.78 is 16.0. The molecule has 7 nitrogen and oxygen atoms in total. The molecule has 134 valence electrons. The highest BCUT2D eigenvalue weighted by Gasteiger charge is 2.25. The van der Waals surface area contributed by atoms with Crippen molar-refractivity contribution < 1.29 is 23.8 Å². The maximum Gasteiger partial charge on any atom is 0.265 e. The van der Waals surface area contributed by atoms with E-state index < -0.39 is 0 Å². The Morgan fingerprint density at radius 3 is 2.73 bits per heavy atom. The molecule has 2 amide bonds. The number of nitrogens with one attached hydrogen (secondary N) is 1. The second kappa shape index (κ2) is 6.59. The summed E-state index contributed by atoms with van der Waals surface area (Å²) in [4.78, 5) is 26.3. The minimum atomic E-state index is -0.270. The molecular weight excluding hydrogens is 336 g/mol. The van der Waals surface area contributed by atoms with Crippen LogP contribution in [0.25, 0.3) is 0 Å². The van der Waals surface area contributed by atoms with Gasteiger partial charge in [-0.05, 0) is 42.8 Å². The fraction of sp³-hybridized carbons (Fsp3) is 0.263. The normalized spacial score (nSPS) is 14.7. The standard InChI is InChI=1S/C19H18N2O5/c1-2-7-21-14-9-13(4-6-15(14)24-10-18(21)22)20-19(23)12-3-5-16-17(8-12)26-11-25-16/h3-6,8-9H,2,7,10-11H2,1H3,(H,20,23). The predicted molar refractivity (Wildman–Crippen MR) is 95.1 cm³/mol. The molecule has 0 aliphatic carbocycles. The van der Waals surface area contributed by atoms with Crippen molar-refractivity contribution in [2.45, 2.75) is 13.3 Å². The van der Waals surface area contributed by atoms with E-state index in [1.807, 2.05) is 6.92 Å². The lowest BCUT2D eigenvalue weighted by atomic mass is 10.1. The van der Waals surface area contributed by atoms with Crippen LogP contribution in [-0.4, -0.2) is 31.8 Å². The van der Waals surface area contributed by atoms with E-state index in [4.69, 9.17) is 14.2 Å². The molecule has 26 heavy (non-hydrogen) atoms. The number of ether oxygens (including phenoxy) is 3. The molecule has 7 heteroatoms. The lowest BCUT2D eigenvalue weighted by molar-refractivity contribution is -0.121. The maximum absolute atomic E-state index is 12.5. The number of benzene rings is 2. The summed E-state index contributed by atoms with van der Waals surface area (Å²) in [5.41, 5.74) is 1.72. The quantitative estimate of drug-likeness (QED) is 0.914. The lowest BCUT2D eigenvalue weighted by Crippen LogP contribution is -2.39. The molecule has 4 rings (SSSR count). The molecule has 0 fully saturated rings. The van der Waals surface area contributed by atoms with Gasteiger partial charge in [0.05, 0.1) is 5.69 Å². The summed E-state index contributed by atoms with van der Waals surface area (Å²) in [5.74, 6) is 1.46. The van der Waals surface area contributed by atoms with Crippen molar-refractivity contribution in [1.82, 2.24) is 0 Å². The van der Waals surface area contributed by atoms with Crippen LogP contribution in [0.4, 0.5) is 11.4 Å². The zero-order valence-electron chi connectivity index (χ0n) is 14.3. The number of nitrogens with zero attached hydrogens (tertiary/aromatic N) is 1. The first kappa shape index (κ1) is 16.3. The molecule has 2 heterocycles. The van der Waals surface area contributed by atoms with Gasteiger partial charge in [-0.3, -0.25) is 9.59 Å². The molecule has 0 atom stereocenters.